The van der Waals surface area contributed by atoms with E-state index in [1.807, 2.05) is 0 Å². The number of hydrogen-bond donors (Lipinski definition) is 1. The zero-order chi connectivity index (χ0) is 13.9. The van der Waals surface area contributed by atoms with Crippen molar-refractivity contribution >= 4 is 0 Å². The van der Waals surface area contributed by atoms with Crippen LogP contribution in [0.25, 0.3) is 0 Å². The molecule has 1 saturated carbocycles. The molecule has 0 aromatic heterocycles. The lowest BCUT2D eigenvalue weighted by molar-refractivity contribution is 0.258. The zero-order valence-electron chi connectivity index (χ0n) is 13.1. The summed E-state index contributed by atoms with van der Waals surface area (Å²) in [4.78, 5) is 0. The van der Waals surface area contributed by atoms with Gasteiger partial charge in [0, 0.05) is 12.6 Å². The summed E-state index contributed by atoms with van der Waals surface area (Å²) in [6.07, 6.45) is 6.99. The van der Waals surface area contributed by atoms with Crippen LogP contribution >= 0.6 is 0 Å². The summed E-state index contributed by atoms with van der Waals surface area (Å²) in [5.74, 6) is 0. The van der Waals surface area contributed by atoms with Crippen LogP contribution in [0.3, 0.4) is 0 Å². The van der Waals surface area contributed by atoms with Crippen molar-refractivity contribution in [1.82, 2.24) is 5.32 Å². The van der Waals surface area contributed by atoms with E-state index in [4.69, 9.17) is 0 Å². The van der Waals surface area contributed by atoms with Gasteiger partial charge in [0.05, 0.1) is 0 Å². The number of aryl methyl sites for hydroxylation is 2. The summed E-state index contributed by atoms with van der Waals surface area (Å²) >= 11 is 0. The highest BCUT2D eigenvalue weighted by Crippen LogP contribution is 2.40. The van der Waals surface area contributed by atoms with Gasteiger partial charge in [-0.25, -0.2) is 0 Å². The molecule has 0 radical (unpaired) electrons. The molecule has 0 amide bonds. The number of benzene rings is 1. The van der Waals surface area contributed by atoms with Gasteiger partial charge in [0.25, 0.3) is 0 Å². The van der Waals surface area contributed by atoms with Crippen LogP contribution in [0.1, 0.15) is 68.7 Å². The van der Waals surface area contributed by atoms with Gasteiger partial charge in [-0.15, -0.1) is 0 Å². The molecule has 1 aromatic rings. The summed E-state index contributed by atoms with van der Waals surface area (Å²) in [5.41, 5.74) is 4.80. The predicted molar refractivity (Wildman–Crippen MR) is 83.5 cm³/mol. The molecule has 1 fully saturated rings. The van der Waals surface area contributed by atoms with Crippen LogP contribution in [0.2, 0.25) is 0 Å². The van der Waals surface area contributed by atoms with Crippen molar-refractivity contribution < 1.29 is 0 Å². The van der Waals surface area contributed by atoms with E-state index >= 15 is 0 Å². The molecule has 1 N–H and O–H groups in total. The summed E-state index contributed by atoms with van der Waals surface area (Å²) < 4.78 is 0. The van der Waals surface area contributed by atoms with Gasteiger partial charge < -0.3 is 5.32 Å². The molecule has 1 heteroatoms. The normalized spacial score (nSPS) is 19.6. The average molecular weight is 259 g/mol. The topological polar surface area (TPSA) is 12.0 Å². The first-order valence-electron chi connectivity index (χ1n) is 7.87. The van der Waals surface area contributed by atoms with E-state index in [1.54, 1.807) is 0 Å². The van der Waals surface area contributed by atoms with Crippen molar-refractivity contribution in [1.29, 1.82) is 0 Å². The highest BCUT2D eigenvalue weighted by atomic mass is 14.9. The Hall–Kier alpha value is -0.820. The van der Waals surface area contributed by atoms with E-state index in [0.29, 0.717) is 11.5 Å². The van der Waals surface area contributed by atoms with E-state index in [2.05, 4.69) is 51.2 Å². The van der Waals surface area contributed by atoms with E-state index in [1.165, 1.54) is 55.3 Å². The van der Waals surface area contributed by atoms with Gasteiger partial charge in [0.1, 0.15) is 0 Å². The average Bonchev–Trinajstić information content (AvgIpc) is 2.88. The standard InChI is InChI=1S/C18H29N/c1-5-18(10-6-7-11-18)13-19-16(4)17-12-14(2)8-9-15(17)3/h8-9,12,16,19H,5-7,10-11,13H2,1-4H3. The molecule has 0 bridgehead atoms. The fourth-order valence-corrected chi connectivity index (χ4v) is 3.49. The van der Waals surface area contributed by atoms with Gasteiger partial charge >= 0.3 is 0 Å². The minimum absolute atomic E-state index is 0.462. The van der Waals surface area contributed by atoms with Crippen LogP contribution in [-0.2, 0) is 0 Å². The Kier molecular flexibility index (Phi) is 4.67. The maximum atomic E-state index is 3.80. The Morgan fingerprint density at radius 3 is 2.53 bits per heavy atom. The molecule has 1 aromatic carbocycles. The van der Waals surface area contributed by atoms with Crippen molar-refractivity contribution in [3.63, 3.8) is 0 Å². The highest BCUT2D eigenvalue weighted by Gasteiger charge is 2.31. The van der Waals surface area contributed by atoms with E-state index < -0.39 is 0 Å². The smallest absolute Gasteiger partial charge is 0.0294 e. The predicted octanol–water partition coefficient (Wildman–Crippen LogP) is 4.92. The fourth-order valence-electron chi connectivity index (χ4n) is 3.49. The van der Waals surface area contributed by atoms with Crippen LogP contribution in [-0.4, -0.2) is 6.54 Å². The molecular formula is C18H29N. The van der Waals surface area contributed by atoms with E-state index in [0.717, 1.165) is 0 Å². The molecule has 19 heavy (non-hydrogen) atoms. The summed E-state index contributed by atoms with van der Waals surface area (Å²) in [6, 6.07) is 7.24. The molecule has 106 valence electrons. The lowest BCUT2D eigenvalue weighted by atomic mass is 9.83. The summed E-state index contributed by atoms with van der Waals surface area (Å²) in [7, 11) is 0. The Morgan fingerprint density at radius 1 is 1.21 bits per heavy atom. The molecule has 0 saturated heterocycles. The van der Waals surface area contributed by atoms with Crippen molar-refractivity contribution in [2.24, 2.45) is 5.41 Å². The Labute approximate surface area is 118 Å². The van der Waals surface area contributed by atoms with Gasteiger partial charge in [-0.3, -0.25) is 0 Å². The first kappa shape index (κ1) is 14.6. The molecular weight excluding hydrogens is 230 g/mol. The molecule has 0 spiro atoms. The molecule has 1 aliphatic rings. The third-order valence-electron chi connectivity index (χ3n) is 5.10. The third-order valence-corrected chi connectivity index (χ3v) is 5.10. The lowest BCUT2D eigenvalue weighted by Crippen LogP contribution is -2.33. The second-order valence-electron chi connectivity index (χ2n) is 6.52. The lowest BCUT2D eigenvalue weighted by Gasteiger charge is -2.30. The number of rotatable bonds is 5. The fraction of sp³-hybridized carbons (Fsp3) is 0.667. The Balaban J connectivity index is 2.00. The quantitative estimate of drug-likeness (QED) is 0.791. The van der Waals surface area contributed by atoms with Crippen molar-refractivity contribution in [2.45, 2.75) is 65.8 Å². The summed E-state index contributed by atoms with van der Waals surface area (Å²) in [6.45, 7) is 10.2. The first-order valence-corrected chi connectivity index (χ1v) is 7.87. The minimum Gasteiger partial charge on any atom is -0.310 e. The zero-order valence-corrected chi connectivity index (χ0v) is 13.1. The first-order chi connectivity index (χ1) is 9.06. The number of hydrogen-bond acceptors (Lipinski definition) is 1. The second-order valence-corrected chi connectivity index (χ2v) is 6.52. The van der Waals surface area contributed by atoms with Crippen molar-refractivity contribution in [3.8, 4) is 0 Å². The maximum absolute atomic E-state index is 3.80. The van der Waals surface area contributed by atoms with Crippen molar-refractivity contribution in [2.75, 3.05) is 6.54 Å². The Morgan fingerprint density at radius 2 is 1.89 bits per heavy atom. The molecule has 0 aliphatic heterocycles. The largest absolute Gasteiger partial charge is 0.310 e. The van der Waals surface area contributed by atoms with Gasteiger partial charge in [0.2, 0.25) is 0 Å². The molecule has 2 rings (SSSR count). The van der Waals surface area contributed by atoms with Crippen LogP contribution in [0.15, 0.2) is 18.2 Å². The van der Waals surface area contributed by atoms with Gasteiger partial charge in [-0.2, -0.15) is 0 Å². The van der Waals surface area contributed by atoms with Crippen LogP contribution in [0, 0.1) is 19.3 Å². The van der Waals surface area contributed by atoms with Crippen LogP contribution in [0.5, 0.6) is 0 Å². The second kappa shape index (κ2) is 6.09. The summed E-state index contributed by atoms with van der Waals surface area (Å²) in [5, 5.41) is 3.80. The Bertz CT molecular complexity index is 416. The van der Waals surface area contributed by atoms with Gasteiger partial charge in [0.15, 0.2) is 0 Å². The molecule has 1 nitrogen and oxygen atoms in total. The molecule has 1 aliphatic carbocycles. The molecule has 0 heterocycles. The van der Waals surface area contributed by atoms with E-state index in [-0.39, 0.29) is 0 Å². The SMILES string of the molecule is CCC1(CNC(C)c2cc(C)ccc2C)CCCC1. The minimum atomic E-state index is 0.462. The van der Waals surface area contributed by atoms with Gasteiger partial charge in [-0.05, 0) is 56.6 Å². The van der Waals surface area contributed by atoms with Gasteiger partial charge in [-0.1, -0.05) is 43.5 Å². The van der Waals surface area contributed by atoms with Crippen molar-refractivity contribution in [3.05, 3.63) is 34.9 Å². The monoisotopic (exact) mass is 259 g/mol. The van der Waals surface area contributed by atoms with E-state index in [9.17, 15) is 0 Å². The van der Waals surface area contributed by atoms with Crippen LogP contribution in [0.4, 0.5) is 0 Å². The third kappa shape index (κ3) is 3.39. The number of nitrogens with one attached hydrogen (secondary N) is 1. The molecule has 1 atom stereocenters. The highest BCUT2D eigenvalue weighted by molar-refractivity contribution is 5.32. The molecule has 1 unspecified atom stereocenters. The maximum Gasteiger partial charge on any atom is 0.0294 e. The van der Waals surface area contributed by atoms with Crippen LogP contribution < -0.4 is 5.32 Å².